The standard InChI is InChI=1S/C18H16ClF2N3O2/c1-10-7-23-17(19)6-16(10)24-11(2)3-13(5-18(24)25)26-9-15-14(21)4-12(20)8-22-15/h3-6,8,10H,7,9H2,1-2H3/t10-/m0/s1. The van der Waals surface area contributed by atoms with E-state index in [1.165, 1.54) is 6.07 Å². The van der Waals surface area contributed by atoms with E-state index in [-0.39, 0.29) is 29.5 Å². The van der Waals surface area contributed by atoms with Gasteiger partial charge in [-0.2, -0.15) is 0 Å². The van der Waals surface area contributed by atoms with E-state index in [0.29, 0.717) is 17.4 Å². The van der Waals surface area contributed by atoms with Crippen LogP contribution >= 0.6 is 11.6 Å². The lowest BCUT2D eigenvalue weighted by atomic mass is 10.1. The van der Waals surface area contributed by atoms with Crippen molar-refractivity contribution in [1.82, 2.24) is 9.55 Å². The molecule has 0 amide bonds. The van der Waals surface area contributed by atoms with Crippen LogP contribution in [0.4, 0.5) is 8.78 Å². The number of nitrogens with zero attached hydrogens (tertiary/aromatic N) is 3. The van der Waals surface area contributed by atoms with Gasteiger partial charge < -0.3 is 4.74 Å². The molecule has 0 spiro atoms. The third-order valence-electron chi connectivity index (χ3n) is 4.00. The minimum atomic E-state index is -0.801. The molecule has 0 aliphatic carbocycles. The summed E-state index contributed by atoms with van der Waals surface area (Å²) in [4.78, 5) is 20.3. The summed E-state index contributed by atoms with van der Waals surface area (Å²) in [5, 5.41) is 0.350. The Bertz CT molecular complexity index is 969. The first-order valence-corrected chi connectivity index (χ1v) is 8.31. The molecule has 0 bridgehead atoms. The van der Waals surface area contributed by atoms with Crippen LogP contribution < -0.4 is 10.3 Å². The third-order valence-corrected chi connectivity index (χ3v) is 4.22. The zero-order valence-electron chi connectivity index (χ0n) is 14.2. The first-order chi connectivity index (χ1) is 12.3. The lowest BCUT2D eigenvalue weighted by Crippen LogP contribution is -2.26. The summed E-state index contributed by atoms with van der Waals surface area (Å²) in [6.07, 6.45) is 2.58. The number of aromatic nitrogens is 2. The second kappa shape index (κ2) is 7.37. The van der Waals surface area contributed by atoms with Crippen LogP contribution in [0.3, 0.4) is 0 Å². The van der Waals surface area contributed by atoms with Crippen molar-refractivity contribution in [2.24, 2.45) is 10.9 Å². The minimum absolute atomic E-state index is 0.0400. The van der Waals surface area contributed by atoms with Gasteiger partial charge in [0.05, 0.1) is 6.20 Å². The van der Waals surface area contributed by atoms with E-state index in [4.69, 9.17) is 16.3 Å². The van der Waals surface area contributed by atoms with Gasteiger partial charge in [-0.3, -0.25) is 19.3 Å². The largest absolute Gasteiger partial charge is 0.487 e. The molecular weight excluding hydrogens is 364 g/mol. The number of aliphatic imine (C=N–C) groups is 1. The molecule has 0 saturated heterocycles. The zero-order valence-corrected chi connectivity index (χ0v) is 14.9. The van der Waals surface area contributed by atoms with Gasteiger partial charge in [-0.15, -0.1) is 0 Å². The summed E-state index contributed by atoms with van der Waals surface area (Å²) < 4.78 is 33.5. The Morgan fingerprint density at radius 1 is 1.35 bits per heavy atom. The van der Waals surface area contributed by atoms with E-state index in [0.717, 1.165) is 18.0 Å². The molecule has 0 aromatic carbocycles. The Labute approximate surface area is 153 Å². The molecule has 0 unspecified atom stereocenters. The van der Waals surface area contributed by atoms with Crippen molar-refractivity contribution in [3.8, 4) is 5.75 Å². The molecule has 0 radical (unpaired) electrons. The van der Waals surface area contributed by atoms with E-state index in [1.54, 1.807) is 23.6 Å². The second-order valence-electron chi connectivity index (χ2n) is 6.01. The third kappa shape index (κ3) is 3.83. The highest BCUT2D eigenvalue weighted by Crippen LogP contribution is 2.23. The van der Waals surface area contributed by atoms with E-state index in [2.05, 4.69) is 9.98 Å². The highest BCUT2D eigenvalue weighted by atomic mass is 35.5. The molecule has 1 atom stereocenters. The lowest BCUT2D eigenvalue weighted by Gasteiger charge is -2.22. The molecule has 0 N–H and O–H groups in total. The van der Waals surface area contributed by atoms with Gasteiger partial charge >= 0.3 is 0 Å². The number of rotatable bonds is 4. The number of hydrogen-bond acceptors (Lipinski definition) is 4. The molecule has 1 aliphatic rings. The SMILES string of the molecule is Cc1cc(OCc2ncc(F)cc2F)cc(=O)n1C1=CC(Cl)=NC[C@@H]1C. The maximum atomic E-state index is 13.6. The van der Waals surface area contributed by atoms with Gasteiger partial charge in [-0.25, -0.2) is 8.78 Å². The Morgan fingerprint density at radius 2 is 2.12 bits per heavy atom. The highest BCUT2D eigenvalue weighted by Gasteiger charge is 2.19. The lowest BCUT2D eigenvalue weighted by molar-refractivity contribution is 0.292. The average molecular weight is 380 g/mol. The van der Waals surface area contributed by atoms with Gasteiger partial charge in [0, 0.05) is 42.1 Å². The number of ether oxygens (including phenoxy) is 1. The molecule has 26 heavy (non-hydrogen) atoms. The summed E-state index contributed by atoms with van der Waals surface area (Å²) in [6, 6.07) is 3.70. The van der Waals surface area contributed by atoms with Crippen LogP contribution in [0.5, 0.6) is 5.75 Å². The number of hydrogen-bond donors (Lipinski definition) is 0. The molecule has 3 heterocycles. The van der Waals surface area contributed by atoms with Gasteiger partial charge in [0.15, 0.2) is 5.82 Å². The zero-order chi connectivity index (χ0) is 18.8. The summed E-state index contributed by atoms with van der Waals surface area (Å²) >= 11 is 5.97. The Kier molecular flexibility index (Phi) is 5.18. The van der Waals surface area contributed by atoms with E-state index in [1.807, 2.05) is 6.92 Å². The molecule has 5 nitrogen and oxygen atoms in total. The summed E-state index contributed by atoms with van der Waals surface area (Å²) in [5.41, 5.74) is 1.06. The Balaban J connectivity index is 1.86. The van der Waals surface area contributed by atoms with Crippen molar-refractivity contribution in [2.45, 2.75) is 20.5 Å². The number of aryl methyl sites for hydroxylation is 1. The molecule has 3 rings (SSSR count). The van der Waals surface area contributed by atoms with Gasteiger partial charge in [-0.1, -0.05) is 18.5 Å². The molecular formula is C18H16ClF2N3O2. The van der Waals surface area contributed by atoms with Crippen molar-refractivity contribution in [3.05, 3.63) is 63.8 Å². The number of dihydropyridines is 1. The number of allylic oxidation sites excluding steroid dienone is 1. The monoisotopic (exact) mass is 379 g/mol. The molecule has 2 aromatic rings. The van der Waals surface area contributed by atoms with E-state index in [9.17, 15) is 13.6 Å². The second-order valence-corrected chi connectivity index (χ2v) is 6.40. The van der Waals surface area contributed by atoms with Crippen LogP contribution in [0.2, 0.25) is 0 Å². The van der Waals surface area contributed by atoms with Crippen LogP contribution in [-0.2, 0) is 6.61 Å². The van der Waals surface area contributed by atoms with Gasteiger partial charge in [0.25, 0.3) is 5.56 Å². The summed E-state index contributed by atoms with van der Waals surface area (Å²) in [7, 11) is 0. The van der Waals surface area contributed by atoms with Crippen molar-refractivity contribution in [3.63, 3.8) is 0 Å². The topological polar surface area (TPSA) is 56.5 Å². The first-order valence-electron chi connectivity index (χ1n) is 7.93. The van der Waals surface area contributed by atoms with Gasteiger partial charge in [0.2, 0.25) is 0 Å². The molecule has 8 heteroatoms. The van der Waals surface area contributed by atoms with Crippen LogP contribution in [0.1, 0.15) is 18.3 Å². The fraction of sp³-hybridized carbons (Fsp3) is 0.278. The fourth-order valence-electron chi connectivity index (χ4n) is 2.70. The maximum Gasteiger partial charge on any atom is 0.258 e. The Morgan fingerprint density at radius 3 is 2.81 bits per heavy atom. The van der Waals surface area contributed by atoms with E-state index >= 15 is 0 Å². The molecule has 0 fully saturated rings. The van der Waals surface area contributed by atoms with Crippen LogP contribution in [0, 0.1) is 24.5 Å². The maximum absolute atomic E-state index is 13.6. The van der Waals surface area contributed by atoms with Crippen LogP contribution in [-0.4, -0.2) is 21.3 Å². The summed E-state index contributed by atoms with van der Waals surface area (Å²) in [5.74, 6) is -1.25. The normalized spacial score (nSPS) is 16.9. The molecule has 136 valence electrons. The van der Waals surface area contributed by atoms with E-state index < -0.39 is 11.6 Å². The average Bonchev–Trinajstić information content (AvgIpc) is 2.56. The number of halogens is 3. The fourth-order valence-corrected chi connectivity index (χ4v) is 2.88. The van der Waals surface area contributed by atoms with Crippen molar-refractivity contribution >= 4 is 22.5 Å². The van der Waals surface area contributed by atoms with Gasteiger partial charge in [0.1, 0.15) is 29.0 Å². The van der Waals surface area contributed by atoms with Crippen molar-refractivity contribution in [1.29, 1.82) is 0 Å². The molecule has 1 aliphatic heterocycles. The summed E-state index contributed by atoms with van der Waals surface area (Å²) in [6.45, 7) is 4.01. The van der Waals surface area contributed by atoms with Crippen molar-refractivity contribution < 1.29 is 13.5 Å². The predicted octanol–water partition coefficient (Wildman–Crippen LogP) is 3.54. The quantitative estimate of drug-likeness (QED) is 0.816. The minimum Gasteiger partial charge on any atom is -0.487 e. The van der Waals surface area contributed by atoms with Gasteiger partial charge in [-0.05, 0) is 13.0 Å². The molecule has 0 saturated carbocycles. The highest BCUT2D eigenvalue weighted by molar-refractivity contribution is 6.69. The Hall–Kier alpha value is -2.54. The van der Waals surface area contributed by atoms with Crippen LogP contribution in [0.25, 0.3) is 5.70 Å². The van der Waals surface area contributed by atoms with Crippen molar-refractivity contribution in [2.75, 3.05) is 6.54 Å². The molecule has 2 aromatic heterocycles. The number of pyridine rings is 2. The first kappa shape index (κ1) is 18.3. The smallest absolute Gasteiger partial charge is 0.258 e. The predicted molar refractivity (Wildman–Crippen MR) is 95.5 cm³/mol. The van der Waals surface area contributed by atoms with Crippen LogP contribution in [0.15, 0.2) is 40.3 Å².